The van der Waals surface area contributed by atoms with Gasteiger partial charge in [-0.25, -0.2) is 4.79 Å². The lowest BCUT2D eigenvalue weighted by Gasteiger charge is -2.43. The molecule has 0 N–H and O–H groups in total. The van der Waals surface area contributed by atoms with Crippen molar-refractivity contribution in [3.05, 3.63) is 56.3 Å². The molecule has 2 atom stereocenters. The van der Waals surface area contributed by atoms with Gasteiger partial charge in [-0.2, -0.15) is 0 Å². The minimum atomic E-state index is -0.579. The van der Waals surface area contributed by atoms with E-state index in [-0.39, 0.29) is 17.9 Å². The van der Waals surface area contributed by atoms with Crippen LogP contribution in [0.15, 0.2) is 45.9 Å². The summed E-state index contributed by atoms with van der Waals surface area (Å²) in [6, 6.07) is 1.91. The molecule has 5 heteroatoms. The van der Waals surface area contributed by atoms with Crippen LogP contribution < -0.4 is 0 Å². The molecule has 1 aliphatic carbocycles. The Labute approximate surface area is 191 Å². The number of thiophene rings is 1. The second-order valence-corrected chi connectivity index (χ2v) is 10.2. The molecule has 0 aromatic carbocycles. The van der Waals surface area contributed by atoms with Crippen molar-refractivity contribution in [1.29, 1.82) is 0 Å². The van der Waals surface area contributed by atoms with Gasteiger partial charge in [0.2, 0.25) is 0 Å². The van der Waals surface area contributed by atoms with Crippen molar-refractivity contribution in [2.75, 3.05) is 7.11 Å². The molecule has 0 radical (unpaired) electrons. The van der Waals surface area contributed by atoms with Crippen LogP contribution in [0.4, 0.5) is 0 Å². The van der Waals surface area contributed by atoms with E-state index in [1.807, 2.05) is 66.0 Å². The van der Waals surface area contributed by atoms with Gasteiger partial charge in [0.15, 0.2) is 5.78 Å². The number of hydrogen-bond donors (Lipinski definition) is 0. The minimum Gasteiger partial charge on any atom is -0.456 e. The van der Waals surface area contributed by atoms with Crippen molar-refractivity contribution in [1.82, 2.24) is 0 Å². The Morgan fingerprint density at radius 3 is 2.29 bits per heavy atom. The summed E-state index contributed by atoms with van der Waals surface area (Å²) >= 11 is 1.46. The maximum Gasteiger partial charge on any atom is 0.338 e. The minimum absolute atomic E-state index is 0.0139. The van der Waals surface area contributed by atoms with Gasteiger partial charge in [-0.15, -0.1) is 11.3 Å². The van der Waals surface area contributed by atoms with E-state index in [1.54, 1.807) is 13.2 Å². The van der Waals surface area contributed by atoms with Crippen LogP contribution in [0.5, 0.6) is 0 Å². The van der Waals surface area contributed by atoms with Gasteiger partial charge in [0.1, 0.15) is 5.60 Å². The summed E-state index contributed by atoms with van der Waals surface area (Å²) < 4.78 is 11.7. The monoisotopic (exact) mass is 444 g/mol. The summed E-state index contributed by atoms with van der Waals surface area (Å²) in [6.07, 6.45) is 4.60. The maximum atomic E-state index is 13.2. The number of methoxy groups -OCH3 is 1. The Morgan fingerprint density at radius 1 is 1.19 bits per heavy atom. The average molecular weight is 445 g/mol. The predicted molar refractivity (Wildman–Crippen MR) is 128 cm³/mol. The van der Waals surface area contributed by atoms with Crippen molar-refractivity contribution in [2.24, 2.45) is 5.41 Å². The Hall–Kier alpha value is -1.98. The van der Waals surface area contributed by atoms with Crippen LogP contribution in [0, 0.1) is 12.3 Å². The highest BCUT2D eigenvalue weighted by atomic mass is 32.1. The highest BCUT2D eigenvalue weighted by Crippen LogP contribution is 2.48. The molecule has 1 aromatic rings. The molecule has 1 aromatic heterocycles. The molecule has 0 fully saturated rings. The Morgan fingerprint density at radius 2 is 1.84 bits per heavy atom. The average Bonchev–Trinajstić information content (AvgIpc) is 3.12. The van der Waals surface area contributed by atoms with Crippen molar-refractivity contribution >= 4 is 23.1 Å². The van der Waals surface area contributed by atoms with Crippen LogP contribution in [-0.2, 0) is 14.3 Å². The molecule has 0 spiro atoms. The lowest BCUT2D eigenvalue weighted by atomic mass is 9.65. The zero-order valence-electron chi connectivity index (χ0n) is 20.3. The molecule has 0 saturated heterocycles. The van der Waals surface area contributed by atoms with E-state index in [0.29, 0.717) is 18.4 Å². The molecule has 2 unspecified atom stereocenters. The third-order valence-electron chi connectivity index (χ3n) is 5.87. The van der Waals surface area contributed by atoms with Gasteiger partial charge < -0.3 is 9.47 Å². The van der Waals surface area contributed by atoms with Crippen LogP contribution in [-0.4, -0.2) is 30.6 Å². The first-order valence-corrected chi connectivity index (χ1v) is 11.8. The number of aryl methyl sites for hydroxylation is 1. The van der Waals surface area contributed by atoms with Crippen molar-refractivity contribution < 1.29 is 19.1 Å². The fourth-order valence-electron chi connectivity index (χ4n) is 4.27. The van der Waals surface area contributed by atoms with E-state index in [0.717, 1.165) is 27.2 Å². The van der Waals surface area contributed by atoms with E-state index in [9.17, 15) is 9.59 Å². The van der Waals surface area contributed by atoms with Crippen LogP contribution in [0.25, 0.3) is 0 Å². The molecule has 31 heavy (non-hydrogen) atoms. The number of esters is 1. The van der Waals surface area contributed by atoms with Crippen molar-refractivity contribution in [2.45, 2.75) is 79.9 Å². The van der Waals surface area contributed by atoms with Gasteiger partial charge in [-0.1, -0.05) is 25.5 Å². The summed E-state index contributed by atoms with van der Waals surface area (Å²) in [7, 11) is 1.66. The molecule has 0 amide bonds. The molecule has 1 heterocycles. The van der Waals surface area contributed by atoms with E-state index in [2.05, 4.69) is 6.92 Å². The number of carbonyl (C=O) groups excluding carboxylic acids is 2. The lowest BCUT2D eigenvalue weighted by molar-refractivity contribution is -0.149. The zero-order chi connectivity index (χ0) is 23.6. The first kappa shape index (κ1) is 25.3. The number of hydrogen-bond acceptors (Lipinski definition) is 5. The Kier molecular flexibility index (Phi) is 7.88. The summed E-state index contributed by atoms with van der Waals surface area (Å²) in [6.45, 7) is 15.8. The van der Waals surface area contributed by atoms with Crippen LogP contribution in [0.3, 0.4) is 0 Å². The molecular formula is C26H36O4S. The molecular weight excluding hydrogens is 408 g/mol. The Bertz CT molecular complexity index is 939. The smallest absolute Gasteiger partial charge is 0.338 e. The first-order chi connectivity index (χ1) is 14.4. The number of ketones is 1. The zero-order valence-corrected chi connectivity index (χ0v) is 21.2. The normalized spacial score (nSPS) is 22.4. The topological polar surface area (TPSA) is 52.6 Å². The van der Waals surface area contributed by atoms with Crippen LogP contribution in [0.2, 0.25) is 0 Å². The van der Waals surface area contributed by atoms with Crippen molar-refractivity contribution in [3.63, 3.8) is 0 Å². The van der Waals surface area contributed by atoms with E-state index in [4.69, 9.17) is 9.47 Å². The summed E-state index contributed by atoms with van der Waals surface area (Å²) in [5.74, 6) is -0.321. The third kappa shape index (κ3) is 5.27. The largest absolute Gasteiger partial charge is 0.456 e. The van der Waals surface area contributed by atoms with Crippen LogP contribution >= 0.6 is 11.3 Å². The van der Waals surface area contributed by atoms with E-state index < -0.39 is 11.0 Å². The van der Waals surface area contributed by atoms with Gasteiger partial charge in [-0.3, -0.25) is 4.79 Å². The molecule has 2 rings (SSSR count). The molecule has 4 nitrogen and oxygen atoms in total. The van der Waals surface area contributed by atoms with Crippen molar-refractivity contribution in [3.8, 4) is 0 Å². The van der Waals surface area contributed by atoms with Gasteiger partial charge in [0.05, 0.1) is 16.6 Å². The molecule has 1 aliphatic rings. The van der Waals surface area contributed by atoms with E-state index in [1.165, 1.54) is 11.3 Å². The third-order valence-corrected chi connectivity index (χ3v) is 6.93. The molecule has 0 saturated carbocycles. The Balaban J connectivity index is 2.58. The lowest BCUT2D eigenvalue weighted by Crippen LogP contribution is -2.41. The van der Waals surface area contributed by atoms with Crippen LogP contribution in [0.1, 0.15) is 76.5 Å². The van der Waals surface area contributed by atoms with E-state index >= 15 is 0 Å². The number of rotatable bonds is 7. The van der Waals surface area contributed by atoms with Gasteiger partial charge >= 0.3 is 5.97 Å². The highest BCUT2D eigenvalue weighted by molar-refractivity contribution is 7.12. The quantitative estimate of drug-likeness (QED) is 0.270. The second kappa shape index (κ2) is 9.66. The molecule has 0 aliphatic heterocycles. The second-order valence-electron chi connectivity index (χ2n) is 9.30. The maximum absolute atomic E-state index is 13.2. The van der Waals surface area contributed by atoms with Gasteiger partial charge in [-0.05, 0) is 88.6 Å². The number of ether oxygens (including phenoxy) is 2. The predicted octanol–water partition coefficient (Wildman–Crippen LogP) is 6.61. The summed E-state index contributed by atoms with van der Waals surface area (Å²) in [5.41, 5.74) is 3.53. The molecule has 170 valence electrons. The summed E-state index contributed by atoms with van der Waals surface area (Å²) in [4.78, 5) is 26.7. The highest BCUT2D eigenvalue weighted by Gasteiger charge is 2.44. The fraction of sp³-hybridized carbons (Fsp3) is 0.538. The fourth-order valence-corrected chi connectivity index (χ4v) is 5.09. The summed E-state index contributed by atoms with van der Waals surface area (Å²) in [5, 5.41) is 1.98. The number of allylic oxidation sites excluding steroid dienone is 1. The first-order valence-electron chi connectivity index (χ1n) is 10.9. The number of carbonyl (C=O) groups is 2. The molecule has 0 bridgehead atoms. The van der Waals surface area contributed by atoms with Gasteiger partial charge in [0.25, 0.3) is 0 Å². The standard InChI is InChI=1S/C26H36O4S/c1-10-18-17(4)26(8,13-12-20(27)21-14-16(3)15-31-21)23(29-9)19(11-2)22(18)24(28)30-25(5,6)7/h12-15,23H,10-11H2,1-9H3. The SMILES string of the molecule is CCC1=C(C)C(C)(C=CC(=O)c2cc(C)cs2)C(OC)C(CC)=C1C(=O)OC(C)(C)C. The van der Waals surface area contributed by atoms with Gasteiger partial charge in [0, 0.05) is 12.5 Å².